The van der Waals surface area contributed by atoms with Crippen LogP contribution < -0.4 is 5.73 Å². The first-order valence-electron chi connectivity index (χ1n) is 6.23. The number of anilines is 1. The minimum atomic E-state index is 0.575. The Kier molecular flexibility index (Phi) is 3.29. The highest BCUT2D eigenvalue weighted by Crippen LogP contribution is 2.27. The normalized spacial score (nSPS) is 21.2. The molecule has 96 valence electrons. The summed E-state index contributed by atoms with van der Waals surface area (Å²) in [6, 6.07) is 2.08. The summed E-state index contributed by atoms with van der Waals surface area (Å²) in [5.74, 6) is 0.575. The molecular weight excluding hydrogens is 246 g/mol. The number of piperidine rings is 1. The van der Waals surface area contributed by atoms with Crippen molar-refractivity contribution < 1.29 is 0 Å². The molecule has 2 aromatic rings. The van der Waals surface area contributed by atoms with Crippen molar-refractivity contribution in [2.24, 2.45) is 0 Å². The van der Waals surface area contributed by atoms with Gasteiger partial charge in [-0.2, -0.15) is 5.10 Å². The van der Waals surface area contributed by atoms with Crippen molar-refractivity contribution in [1.29, 1.82) is 0 Å². The van der Waals surface area contributed by atoms with Gasteiger partial charge in [-0.05, 0) is 25.5 Å². The number of thiazole rings is 1. The first-order valence-corrected chi connectivity index (χ1v) is 7.05. The number of aromatic amines is 1. The van der Waals surface area contributed by atoms with Gasteiger partial charge in [-0.1, -0.05) is 0 Å². The zero-order valence-corrected chi connectivity index (χ0v) is 11.0. The molecule has 0 saturated carbocycles. The highest BCUT2D eigenvalue weighted by molar-refractivity contribution is 7.15. The van der Waals surface area contributed by atoms with E-state index in [1.165, 1.54) is 23.4 Å². The van der Waals surface area contributed by atoms with Gasteiger partial charge in [0.25, 0.3) is 0 Å². The standard InChI is InChI=1S/C12H17N5S/c13-12-14-6-10(18-12)8-17-5-1-2-9(7-17)11-3-4-15-16-11/h3-4,6,9H,1-2,5,7-8H2,(H2,13,14)(H,15,16)/t9-/m0/s1. The molecule has 1 atom stereocenters. The molecule has 3 N–H and O–H groups in total. The topological polar surface area (TPSA) is 70.8 Å². The summed E-state index contributed by atoms with van der Waals surface area (Å²) in [5, 5.41) is 7.79. The SMILES string of the molecule is Nc1ncc(CN2CCC[C@H](c3ccn[nH]3)C2)s1. The van der Waals surface area contributed by atoms with Crippen LogP contribution in [0.3, 0.4) is 0 Å². The minimum absolute atomic E-state index is 0.575. The second-order valence-electron chi connectivity index (χ2n) is 4.75. The van der Waals surface area contributed by atoms with E-state index in [0.29, 0.717) is 11.0 Å². The van der Waals surface area contributed by atoms with Gasteiger partial charge in [0, 0.05) is 42.0 Å². The molecule has 1 saturated heterocycles. The van der Waals surface area contributed by atoms with E-state index in [0.717, 1.165) is 19.6 Å². The van der Waals surface area contributed by atoms with Gasteiger partial charge < -0.3 is 5.73 Å². The third-order valence-electron chi connectivity index (χ3n) is 3.42. The first kappa shape index (κ1) is 11.7. The zero-order valence-electron chi connectivity index (χ0n) is 10.2. The second-order valence-corrected chi connectivity index (χ2v) is 5.90. The fourth-order valence-corrected chi connectivity index (χ4v) is 3.29. The number of hydrogen-bond acceptors (Lipinski definition) is 5. The van der Waals surface area contributed by atoms with Crippen LogP contribution in [-0.4, -0.2) is 33.2 Å². The summed E-state index contributed by atoms with van der Waals surface area (Å²) in [6.07, 6.45) is 6.19. The fraction of sp³-hybridized carbons (Fsp3) is 0.500. The van der Waals surface area contributed by atoms with Gasteiger partial charge in [0.05, 0.1) is 0 Å². The summed E-state index contributed by atoms with van der Waals surface area (Å²) in [6.45, 7) is 3.20. The van der Waals surface area contributed by atoms with E-state index in [-0.39, 0.29) is 0 Å². The van der Waals surface area contributed by atoms with E-state index in [2.05, 4.69) is 26.1 Å². The van der Waals surface area contributed by atoms with E-state index in [4.69, 9.17) is 5.73 Å². The number of aromatic nitrogens is 3. The molecule has 0 amide bonds. The number of H-pyrrole nitrogens is 1. The van der Waals surface area contributed by atoms with Gasteiger partial charge in [-0.3, -0.25) is 10.00 Å². The summed E-state index contributed by atoms with van der Waals surface area (Å²) in [7, 11) is 0. The van der Waals surface area contributed by atoms with Crippen molar-refractivity contribution in [3.8, 4) is 0 Å². The maximum Gasteiger partial charge on any atom is 0.180 e. The van der Waals surface area contributed by atoms with Crippen LogP contribution in [0, 0.1) is 0 Å². The smallest absolute Gasteiger partial charge is 0.180 e. The monoisotopic (exact) mass is 263 g/mol. The molecule has 0 spiro atoms. The largest absolute Gasteiger partial charge is 0.375 e. The number of nitrogens with zero attached hydrogens (tertiary/aromatic N) is 3. The Morgan fingerprint density at radius 1 is 1.56 bits per heavy atom. The van der Waals surface area contributed by atoms with Crippen molar-refractivity contribution in [2.45, 2.75) is 25.3 Å². The van der Waals surface area contributed by atoms with Gasteiger partial charge in [-0.25, -0.2) is 4.98 Å². The quantitative estimate of drug-likeness (QED) is 0.886. The molecule has 2 aromatic heterocycles. The molecular formula is C12H17N5S. The Balaban J connectivity index is 1.63. The lowest BCUT2D eigenvalue weighted by molar-refractivity contribution is 0.200. The molecule has 0 unspecified atom stereocenters. The van der Waals surface area contributed by atoms with E-state index in [1.807, 2.05) is 12.4 Å². The highest BCUT2D eigenvalue weighted by atomic mass is 32.1. The average Bonchev–Trinajstić information content (AvgIpc) is 3.01. The summed E-state index contributed by atoms with van der Waals surface area (Å²) < 4.78 is 0. The summed E-state index contributed by atoms with van der Waals surface area (Å²) in [5.41, 5.74) is 6.92. The maximum absolute atomic E-state index is 5.66. The van der Waals surface area contributed by atoms with E-state index in [1.54, 1.807) is 11.3 Å². The molecule has 0 aromatic carbocycles. The highest BCUT2D eigenvalue weighted by Gasteiger charge is 2.22. The van der Waals surface area contributed by atoms with E-state index >= 15 is 0 Å². The number of rotatable bonds is 3. The van der Waals surface area contributed by atoms with Gasteiger partial charge in [-0.15, -0.1) is 11.3 Å². The third-order valence-corrected chi connectivity index (χ3v) is 4.23. The lowest BCUT2D eigenvalue weighted by Crippen LogP contribution is -2.33. The predicted octanol–water partition coefficient (Wildman–Crippen LogP) is 1.83. The van der Waals surface area contributed by atoms with Crippen LogP contribution in [0.1, 0.15) is 29.3 Å². The maximum atomic E-state index is 5.66. The van der Waals surface area contributed by atoms with E-state index < -0.39 is 0 Å². The first-order chi connectivity index (χ1) is 8.81. The zero-order chi connectivity index (χ0) is 12.4. The van der Waals surface area contributed by atoms with Gasteiger partial charge in [0.1, 0.15) is 0 Å². The molecule has 0 aliphatic carbocycles. The van der Waals surface area contributed by atoms with Crippen molar-refractivity contribution in [3.63, 3.8) is 0 Å². The summed E-state index contributed by atoms with van der Waals surface area (Å²) >= 11 is 1.58. The lowest BCUT2D eigenvalue weighted by Gasteiger charge is -2.31. The van der Waals surface area contributed by atoms with Crippen LogP contribution in [0.5, 0.6) is 0 Å². The molecule has 0 radical (unpaired) electrons. The van der Waals surface area contributed by atoms with Crippen LogP contribution in [0.2, 0.25) is 0 Å². The molecule has 18 heavy (non-hydrogen) atoms. The Morgan fingerprint density at radius 3 is 3.22 bits per heavy atom. The van der Waals surface area contributed by atoms with Crippen LogP contribution in [0.4, 0.5) is 5.13 Å². The van der Waals surface area contributed by atoms with Gasteiger partial charge >= 0.3 is 0 Å². The van der Waals surface area contributed by atoms with Crippen LogP contribution in [-0.2, 0) is 6.54 Å². The Morgan fingerprint density at radius 2 is 2.50 bits per heavy atom. The van der Waals surface area contributed by atoms with Gasteiger partial charge in [0.2, 0.25) is 0 Å². The second kappa shape index (κ2) is 5.07. The number of nitrogens with one attached hydrogen (secondary N) is 1. The predicted molar refractivity (Wildman–Crippen MR) is 72.4 cm³/mol. The minimum Gasteiger partial charge on any atom is -0.375 e. The molecule has 0 bridgehead atoms. The molecule has 1 aliphatic heterocycles. The van der Waals surface area contributed by atoms with Gasteiger partial charge in [0.15, 0.2) is 5.13 Å². The fourth-order valence-electron chi connectivity index (χ4n) is 2.56. The van der Waals surface area contributed by atoms with Crippen molar-refractivity contribution in [1.82, 2.24) is 20.1 Å². The molecule has 3 heterocycles. The Hall–Kier alpha value is -1.40. The van der Waals surface area contributed by atoms with Crippen LogP contribution in [0.15, 0.2) is 18.5 Å². The number of hydrogen-bond donors (Lipinski definition) is 2. The lowest BCUT2D eigenvalue weighted by atomic mass is 9.95. The van der Waals surface area contributed by atoms with Crippen LogP contribution in [0.25, 0.3) is 0 Å². The third kappa shape index (κ3) is 2.54. The molecule has 1 aliphatic rings. The summed E-state index contributed by atoms with van der Waals surface area (Å²) in [4.78, 5) is 7.83. The molecule has 3 rings (SSSR count). The number of nitrogens with two attached hydrogens (primary N) is 1. The Bertz CT molecular complexity index is 492. The van der Waals surface area contributed by atoms with E-state index in [9.17, 15) is 0 Å². The Labute approximate surface area is 110 Å². The molecule has 1 fully saturated rings. The molecule has 5 nitrogen and oxygen atoms in total. The van der Waals surface area contributed by atoms with Crippen molar-refractivity contribution in [2.75, 3.05) is 18.8 Å². The van der Waals surface area contributed by atoms with Crippen molar-refractivity contribution >= 4 is 16.5 Å². The number of nitrogen functional groups attached to an aromatic ring is 1. The molecule has 6 heteroatoms. The average molecular weight is 263 g/mol. The van der Waals surface area contributed by atoms with Crippen LogP contribution >= 0.6 is 11.3 Å². The number of likely N-dealkylation sites (tertiary alicyclic amines) is 1. The van der Waals surface area contributed by atoms with Crippen molar-refractivity contribution in [3.05, 3.63) is 29.0 Å².